The molecule has 20 heavy (non-hydrogen) atoms. The highest BCUT2D eigenvalue weighted by molar-refractivity contribution is 6.00. The Morgan fingerprint density at radius 2 is 2.00 bits per heavy atom. The summed E-state index contributed by atoms with van der Waals surface area (Å²) in [5.74, 6) is 0. The van der Waals surface area contributed by atoms with E-state index in [1.165, 1.54) is 0 Å². The van der Waals surface area contributed by atoms with Gasteiger partial charge in [-0.25, -0.2) is 4.98 Å². The van der Waals surface area contributed by atoms with Crippen molar-refractivity contribution in [3.63, 3.8) is 0 Å². The van der Waals surface area contributed by atoms with Gasteiger partial charge in [0.2, 0.25) is 0 Å². The van der Waals surface area contributed by atoms with E-state index >= 15 is 0 Å². The van der Waals surface area contributed by atoms with Crippen LogP contribution in [0.1, 0.15) is 18.1 Å². The molecule has 2 heterocycles. The number of aromatic amines is 1. The molecule has 1 aromatic carbocycles. The number of allylic oxidation sites excluding steroid dienone is 1. The maximum absolute atomic E-state index is 5.65. The third-order valence-electron chi connectivity index (χ3n) is 3.53. The molecule has 0 spiro atoms. The standard InChI is InChI=1S/C17H17N3/c1-11(2)15-10-20-17-16(15)14(7-8-19-17)13-5-3-12(9-18)4-6-13/h3-8,10H,1,9,18H2,2H3,(H,19,20). The van der Waals surface area contributed by atoms with E-state index in [1.54, 1.807) is 0 Å². The zero-order valence-corrected chi connectivity index (χ0v) is 11.5. The summed E-state index contributed by atoms with van der Waals surface area (Å²) in [6.07, 6.45) is 3.80. The van der Waals surface area contributed by atoms with E-state index in [2.05, 4.69) is 40.8 Å². The lowest BCUT2D eigenvalue weighted by Crippen LogP contribution is -1.95. The number of nitrogens with two attached hydrogens (primary N) is 1. The molecule has 3 heteroatoms. The van der Waals surface area contributed by atoms with E-state index in [4.69, 9.17) is 5.73 Å². The molecule has 2 aromatic heterocycles. The molecule has 100 valence electrons. The first kappa shape index (κ1) is 12.6. The number of benzene rings is 1. The molecule has 0 unspecified atom stereocenters. The second-order valence-electron chi connectivity index (χ2n) is 4.97. The first-order chi connectivity index (χ1) is 9.70. The van der Waals surface area contributed by atoms with Gasteiger partial charge in [0.25, 0.3) is 0 Å². The summed E-state index contributed by atoms with van der Waals surface area (Å²) in [6, 6.07) is 10.4. The maximum atomic E-state index is 5.65. The van der Waals surface area contributed by atoms with E-state index in [9.17, 15) is 0 Å². The van der Waals surface area contributed by atoms with Gasteiger partial charge in [0.1, 0.15) is 5.65 Å². The number of pyridine rings is 1. The Morgan fingerprint density at radius 3 is 2.65 bits per heavy atom. The molecule has 0 saturated carbocycles. The van der Waals surface area contributed by atoms with E-state index in [1.807, 2.05) is 25.4 Å². The minimum atomic E-state index is 0.563. The highest BCUT2D eigenvalue weighted by atomic mass is 14.8. The number of fused-ring (bicyclic) bond motifs is 1. The summed E-state index contributed by atoms with van der Waals surface area (Å²) >= 11 is 0. The Morgan fingerprint density at radius 1 is 1.25 bits per heavy atom. The Hall–Kier alpha value is -2.39. The van der Waals surface area contributed by atoms with Gasteiger partial charge in [-0.3, -0.25) is 0 Å². The molecule has 3 N–H and O–H groups in total. The molecule has 3 aromatic rings. The lowest BCUT2D eigenvalue weighted by atomic mass is 9.98. The predicted molar refractivity (Wildman–Crippen MR) is 84.1 cm³/mol. The van der Waals surface area contributed by atoms with Crippen LogP contribution in [-0.4, -0.2) is 9.97 Å². The molecule has 0 radical (unpaired) electrons. The van der Waals surface area contributed by atoms with E-state index in [0.29, 0.717) is 6.54 Å². The monoisotopic (exact) mass is 263 g/mol. The quantitative estimate of drug-likeness (QED) is 0.756. The smallest absolute Gasteiger partial charge is 0.138 e. The van der Waals surface area contributed by atoms with Crippen LogP contribution in [0.25, 0.3) is 27.7 Å². The van der Waals surface area contributed by atoms with Gasteiger partial charge in [0.15, 0.2) is 0 Å². The topological polar surface area (TPSA) is 54.7 Å². The number of hydrogen-bond acceptors (Lipinski definition) is 2. The molecular weight excluding hydrogens is 246 g/mol. The Kier molecular flexibility index (Phi) is 3.12. The average molecular weight is 263 g/mol. The number of aromatic nitrogens is 2. The van der Waals surface area contributed by atoms with Crippen molar-refractivity contribution in [1.82, 2.24) is 9.97 Å². The van der Waals surface area contributed by atoms with Gasteiger partial charge in [-0.1, -0.05) is 30.8 Å². The summed E-state index contributed by atoms with van der Waals surface area (Å²) < 4.78 is 0. The number of nitrogens with one attached hydrogen (secondary N) is 1. The summed E-state index contributed by atoms with van der Waals surface area (Å²) in [5, 5.41) is 1.13. The third-order valence-corrected chi connectivity index (χ3v) is 3.53. The average Bonchev–Trinajstić information content (AvgIpc) is 2.91. The highest BCUT2D eigenvalue weighted by Gasteiger charge is 2.11. The first-order valence-corrected chi connectivity index (χ1v) is 6.62. The summed E-state index contributed by atoms with van der Waals surface area (Å²) in [7, 11) is 0. The van der Waals surface area contributed by atoms with E-state index in [0.717, 1.165) is 38.9 Å². The lowest BCUT2D eigenvalue weighted by molar-refractivity contribution is 1.07. The van der Waals surface area contributed by atoms with Gasteiger partial charge in [0, 0.05) is 29.9 Å². The van der Waals surface area contributed by atoms with E-state index < -0.39 is 0 Å². The van der Waals surface area contributed by atoms with Crippen molar-refractivity contribution in [3.05, 3.63) is 60.4 Å². The van der Waals surface area contributed by atoms with Gasteiger partial charge in [-0.05, 0) is 35.3 Å². The van der Waals surface area contributed by atoms with E-state index in [-0.39, 0.29) is 0 Å². The fourth-order valence-electron chi connectivity index (χ4n) is 2.45. The number of H-pyrrole nitrogens is 1. The summed E-state index contributed by atoms with van der Waals surface area (Å²) in [6.45, 7) is 6.62. The van der Waals surface area contributed by atoms with Crippen molar-refractivity contribution >= 4 is 16.6 Å². The maximum Gasteiger partial charge on any atom is 0.138 e. The van der Waals surface area contributed by atoms with Crippen LogP contribution < -0.4 is 5.73 Å². The summed E-state index contributed by atoms with van der Waals surface area (Å²) in [4.78, 5) is 7.60. The Bertz CT molecular complexity index is 767. The van der Waals surface area contributed by atoms with Crippen molar-refractivity contribution in [2.75, 3.05) is 0 Å². The van der Waals surface area contributed by atoms with Crippen LogP contribution in [0.5, 0.6) is 0 Å². The molecule has 0 saturated heterocycles. The molecule has 0 fully saturated rings. The molecule has 0 bridgehead atoms. The van der Waals surface area contributed by atoms with Crippen LogP contribution in [0, 0.1) is 0 Å². The zero-order valence-electron chi connectivity index (χ0n) is 11.5. The number of rotatable bonds is 3. The minimum Gasteiger partial charge on any atom is -0.346 e. The minimum absolute atomic E-state index is 0.563. The predicted octanol–water partition coefficient (Wildman–Crippen LogP) is 3.72. The van der Waals surface area contributed by atoms with Crippen molar-refractivity contribution in [1.29, 1.82) is 0 Å². The molecular formula is C17H17N3. The van der Waals surface area contributed by atoms with Gasteiger partial charge in [-0.15, -0.1) is 0 Å². The van der Waals surface area contributed by atoms with Crippen molar-refractivity contribution in [2.45, 2.75) is 13.5 Å². The molecule has 0 aliphatic heterocycles. The number of nitrogens with zero attached hydrogens (tertiary/aromatic N) is 1. The molecule has 3 rings (SSSR count). The molecule has 3 nitrogen and oxygen atoms in total. The van der Waals surface area contributed by atoms with Crippen molar-refractivity contribution in [2.24, 2.45) is 5.73 Å². The van der Waals surface area contributed by atoms with Crippen molar-refractivity contribution in [3.8, 4) is 11.1 Å². The van der Waals surface area contributed by atoms with Crippen LogP contribution in [0.15, 0.2) is 49.3 Å². The van der Waals surface area contributed by atoms with Crippen LogP contribution in [-0.2, 0) is 6.54 Å². The van der Waals surface area contributed by atoms with Gasteiger partial charge in [0.05, 0.1) is 0 Å². The lowest BCUT2D eigenvalue weighted by Gasteiger charge is -2.07. The fourth-order valence-corrected chi connectivity index (χ4v) is 2.45. The fraction of sp³-hybridized carbons (Fsp3) is 0.118. The third kappa shape index (κ3) is 2.02. The normalized spacial score (nSPS) is 10.9. The SMILES string of the molecule is C=C(C)c1c[nH]c2nccc(-c3ccc(CN)cc3)c12. The Balaban J connectivity index is 2.24. The molecule has 0 aliphatic carbocycles. The van der Waals surface area contributed by atoms with Crippen LogP contribution in [0.3, 0.4) is 0 Å². The second-order valence-corrected chi connectivity index (χ2v) is 4.97. The molecule has 0 amide bonds. The Labute approximate surface area is 118 Å². The molecule has 0 aliphatic rings. The largest absolute Gasteiger partial charge is 0.346 e. The van der Waals surface area contributed by atoms with Gasteiger partial charge < -0.3 is 10.7 Å². The van der Waals surface area contributed by atoms with Gasteiger partial charge in [-0.2, -0.15) is 0 Å². The van der Waals surface area contributed by atoms with Crippen LogP contribution in [0.4, 0.5) is 0 Å². The second kappa shape index (κ2) is 4.94. The van der Waals surface area contributed by atoms with Crippen molar-refractivity contribution < 1.29 is 0 Å². The van der Waals surface area contributed by atoms with Gasteiger partial charge >= 0.3 is 0 Å². The molecule has 0 atom stereocenters. The van der Waals surface area contributed by atoms with Crippen LogP contribution in [0.2, 0.25) is 0 Å². The number of hydrogen-bond donors (Lipinski definition) is 2. The van der Waals surface area contributed by atoms with Crippen LogP contribution >= 0.6 is 0 Å². The first-order valence-electron chi connectivity index (χ1n) is 6.62. The summed E-state index contributed by atoms with van der Waals surface area (Å²) in [5.41, 5.74) is 12.2. The highest BCUT2D eigenvalue weighted by Crippen LogP contribution is 2.32. The zero-order chi connectivity index (χ0) is 14.1.